The second kappa shape index (κ2) is 10.6. The van der Waals surface area contributed by atoms with E-state index in [0.29, 0.717) is 34.9 Å². The second-order valence-electron chi connectivity index (χ2n) is 6.98. The first-order chi connectivity index (χ1) is 14.5. The summed E-state index contributed by atoms with van der Waals surface area (Å²) in [5.74, 6) is 0.959. The Hall–Kier alpha value is -2.32. The Bertz CT molecular complexity index is 873. The highest BCUT2D eigenvalue weighted by molar-refractivity contribution is 9.10. The lowest BCUT2D eigenvalue weighted by Gasteiger charge is -2.17. The molecule has 30 heavy (non-hydrogen) atoms. The number of hydrogen-bond acceptors (Lipinski definition) is 5. The van der Waals surface area contributed by atoms with Crippen molar-refractivity contribution in [3.05, 3.63) is 52.3 Å². The normalized spacial score (nSPS) is 16.7. The van der Waals surface area contributed by atoms with Crippen molar-refractivity contribution in [2.45, 2.75) is 38.5 Å². The molecule has 0 aliphatic carbocycles. The Balaban J connectivity index is 1.53. The number of benzene rings is 2. The molecule has 0 radical (unpaired) electrons. The maximum Gasteiger partial charge on any atom is 0.261 e. The number of carbonyl (C=O) groups is 1. The first kappa shape index (κ1) is 22.4. The van der Waals surface area contributed by atoms with Gasteiger partial charge in [0.05, 0.1) is 17.7 Å². The van der Waals surface area contributed by atoms with Gasteiger partial charge in [-0.3, -0.25) is 4.79 Å². The SMILES string of the molecule is COc1cc(CNC(=O)C(C)Oc2ccc(F)cc2Br)ccc1OCC1CCCO1. The van der Waals surface area contributed by atoms with Crippen LogP contribution in [0.2, 0.25) is 0 Å². The molecule has 1 N–H and O–H groups in total. The Labute approximate surface area is 183 Å². The average molecular weight is 482 g/mol. The lowest BCUT2D eigenvalue weighted by molar-refractivity contribution is -0.127. The zero-order valence-electron chi connectivity index (χ0n) is 17.0. The molecule has 1 heterocycles. The van der Waals surface area contributed by atoms with E-state index in [0.717, 1.165) is 25.0 Å². The highest BCUT2D eigenvalue weighted by Crippen LogP contribution is 2.29. The van der Waals surface area contributed by atoms with E-state index in [1.54, 1.807) is 14.0 Å². The standard InChI is InChI=1S/C22H25BrFNO5/c1-14(30-19-8-6-16(24)11-18(19)23)22(26)25-12-15-5-7-20(21(10-15)27-2)29-13-17-4-3-9-28-17/h5-8,10-11,14,17H,3-4,9,12-13H2,1-2H3,(H,25,26). The van der Waals surface area contributed by atoms with Gasteiger partial charge in [0.25, 0.3) is 5.91 Å². The predicted octanol–water partition coefficient (Wildman–Crippen LogP) is 4.24. The van der Waals surface area contributed by atoms with Gasteiger partial charge in [-0.15, -0.1) is 0 Å². The summed E-state index contributed by atoms with van der Waals surface area (Å²) in [7, 11) is 1.58. The summed E-state index contributed by atoms with van der Waals surface area (Å²) >= 11 is 3.23. The lowest BCUT2D eigenvalue weighted by atomic mass is 10.2. The number of carbonyl (C=O) groups excluding carboxylic acids is 1. The molecule has 6 nitrogen and oxygen atoms in total. The highest BCUT2D eigenvalue weighted by atomic mass is 79.9. The Morgan fingerprint density at radius 2 is 2.07 bits per heavy atom. The van der Waals surface area contributed by atoms with E-state index in [1.165, 1.54) is 18.2 Å². The minimum absolute atomic E-state index is 0.122. The molecule has 1 fully saturated rings. The summed E-state index contributed by atoms with van der Waals surface area (Å²) in [6, 6.07) is 9.56. The molecule has 1 aliphatic heterocycles. The van der Waals surface area contributed by atoms with Crippen molar-refractivity contribution in [2.75, 3.05) is 20.3 Å². The summed E-state index contributed by atoms with van der Waals surface area (Å²) in [4.78, 5) is 12.4. The maximum atomic E-state index is 13.2. The first-order valence-electron chi connectivity index (χ1n) is 9.77. The molecule has 2 aromatic rings. The van der Waals surface area contributed by atoms with E-state index >= 15 is 0 Å². The van der Waals surface area contributed by atoms with Crippen LogP contribution in [0.1, 0.15) is 25.3 Å². The fraction of sp³-hybridized carbons (Fsp3) is 0.409. The van der Waals surface area contributed by atoms with Crippen molar-refractivity contribution in [1.29, 1.82) is 0 Å². The van der Waals surface area contributed by atoms with Gasteiger partial charge in [0.1, 0.15) is 18.2 Å². The molecule has 0 bridgehead atoms. The Kier molecular flexibility index (Phi) is 7.93. The minimum atomic E-state index is -0.748. The van der Waals surface area contributed by atoms with Crippen LogP contribution in [0.3, 0.4) is 0 Å². The lowest BCUT2D eigenvalue weighted by Crippen LogP contribution is -2.36. The first-order valence-corrected chi connectivity index (χ1v) is 10.6. The van der Waals surface area contributed by atoms with Gasteiger partial charge in [0, 0.05) is 13.2 Å². The van der Waals surface area contributed by atoms with Crippen LogP contribution in [-0.2, 0) is 16.1 Å². The van der Waals surface area contributed by atoms with Crippen LogP contribution in [0, 0.1) is 5.82 Å². The van der Waals surface area contributed by atoms with Gasteiger partial charge in [-0.05, 0) is 71.6 Å². The smallest absolute Gasteiger partial charge is 0.261 e. The molecular weight excluding hydrogens is 457 g/mol. The summed E-state index contributed by atoms with van der Waals surface area (Å²) in [6.07, 6.45) is 1.43. The monoisotopic (exact) mass is 481 g/mol. The number of halogens is 2. The molecule has 3 rings (SSSR count). The van der Waals surface area contributed by atoms with Crippen molar-refractivity contribution in [1.82, 2.24) is 5.32 Å². The topological polar surface area (TPSA) is 66.0 Å². The van der Waals surface area contributed by atoms with Crippen LogP contribution < -0.4 is 19.5 Å². The van der Waals surface area contributed by atoms with E-state index in [-0.39, 0.29) is 17.8 Å². The van der Waals surface area contributed by atoms with Gasteiger partial charge in [-0.25, -0.2) is 4.39 Å². The van der Waals surface area contributed by atoms with Gasteiger partial charge in [0.2, 0.25) is 0 Å². The summed E-state index contributed by atoms with van der Waals surface area (Å²) in [5.41, 5.74) is 0.861. The zero-order chi connectivity index (χ0) is 21.5. The largest absolute Gasteiger partial charge is 0.493 e. The third kappa shape index (κ3) is 6.09. The van der Waals surface area contributed by atoms with E-state index in [2.05, 4.69) is 21.2 Å². The van der Waals surface area contributed by atoms with E-state index in [9.17, 15) is 9.18 Å². The maximum absolute atomic E-state index is 13.2. The van der Waals surface area contributed by atoms with Crippen molar-refractivity contribution >= 4 is 21.8 Å². The van der Waals surface area contributed by atoms with Crippen molar-refractivity contribution in [3.8, 4) is 17.2 Å². The molecule has 1 aliphatic rings. The van der Waals surface area contributed by atoms with Crippen molar-refractivity contribution in [3.63, 3.8) is 0 Å². The summed E-state index contributed by atoms with van der Waals surface area (Å²) < 4.78 is 36.1. The number of nitrogens with one attached hydrogen (secondary N) is 1. The summed E-state index contributed by atoms with van der Waals surface area (Å²) in [6.45, 7) is 3.21. The van der Waals surface area contributed by atoms with Crippen molar-refractivity contribution < 1.29 is 28.1 Å². The average Bonchev–Trinajstić information content (AvgIpc) is 3.26. The minimum Gasteiger partial charge on any atom is -0.493 e. The molecule has 2 atom stereocenters. The molecule has 0 saturated carbocycles. The van der Waals surface area contributed by atoms with Gasteiger partial charge < -0.3 is 24.3 Å². The molecular formula is C22H25BrFNO5. The van der Waals surface area contributed by atoms with E-state index in [4.69, 9.17) is 18.9 Å². The summed E-state index contributed by atoms with van der Waals surface area (Å²) in [5, 5.41) is 2.83. The van der Waals surface area contributed by atoms with Crippen LogP contribution in [0.25, 0.3) is 0 Å². The zero-order valence-corrected chi connectivity index (χ0v) is 18.5. The number of rotatable bonds is 9. The molecule has 162 valence electrons. The fourth-order valence-electron chi connectivity index (χ4n) is 3.05. The predicted molar refractivity (Wildman–Crippen MR) is 113 cm³/mol. The molecule has 2 unspecified atom stereocenters. The molecule has 0 spiro atoms. The molecule has 1 amide bonds. The fourth-order valence-corrected chi connectivity index (χ4v) is 3.49. The quantitative estimate of drug-likeness (QED) is 0.580. The number of amides is 1. The Morgan fingerprint density at radius 1 is 1.27 bits per heavy atom. The molecule has 8 heteroatoms. The van der Waals surface area contributed by atoms with E-state index < -0.39 is 6.10 Å². The van der Waals surface area contributed by atoms with Crippen LogP contribution in [0.5, 0.6) is 17.2 Å². The third-order valence-corrected chi connectivity index (χ3v) is 5.33. The molecule has 0 aromatic heterocycles. The Morgan fingerprint density at radius 3 is 2.77 bits per heavy atom. The van der Waals surface area contributed by atoms with Crippen LogP contribution in [0.4, 0.5) is 4.39 Å². The van der Waals surface area contributed by atoms with Gasteiger partial charge in [-0.2, -0.15) is 0 Å². The van der Waals surface area contributed by atoms with Crippen LogP contribution in [-0.4, -0.2) is 38.4 Å². The second-order valence-corrected chi connectivity index (χ2v) is 7.84. The van der Waals surface area contributed by atoms with Gasteiger partial charge in [-0.1, -0.05) is 6.07 Å². The number of hydrogen-bond donors (Lipinski definition) is 1. The molecule has 1 saturated heterocycles. The molecule has 2 aromatic carbocycles. The van der Waals surface area contributed by atoms with E-state index in [1.807, 2.05) is 18.2 Å². The van der Waals surface area contributed by atoms with Crippen LogP contribution >= 0.6 is 15.9 Å². The van der Waals surface area contributed by atoms with Gasteiger partial charge >= 0.3 is 0 Å². The van der Waals surface area contributed by atoms with Crippen molar-refractivity contribution in [2.24, 2.45) is 0 Å². The highest BCUT2D eigenvalue weighted by Gasteiger charge is 2.18. The number of methoxy groups -OCH3 is 1. The third-order valence-electron chi connectivity index (χ3n) is 4.71. The number of ether oxygens (including phenoxy) is 4. The van der Waals surface area contributed by atoms with Gasteiger partial charge in [0.15, 0.2) is 17.6 Å². The van der Waals surface area contributed by atoms with Crippen LogP contribution in [0.15, 0.2) is 40.9 Å².